The lowest BCUT2D eigenvalue weighted by Gasteiger charge is -2.26. The van der Waals surface area contributed by atoms with Crippen molar-refractivity contribution >= 4 is 5.97 Å². The van der Waals surface area contributed by atoms with Crippen molar-refractivity contribution in [3.05, 3.63) is 5.21 Å². The summed E-state index contributed by atoms with van der Waals surface area (Å²) < 4.78 is 0. The van der Waals surface area contributed by atoms with E-state index in [1.165, 1.54) is 5.01 Å². The molecule has 0 saturated heterocycles. The normalized spacial score (nSPS) is 28.3. The van der Waals surface area contributed by atoms with Gasteiger partial charge in [-0.1, -0.05) is 0 Å². The summed E-state index contributed by atoms with van der Waals surface area (Å²) in [5.74, 6) is -0.829. The van der Waals surface area contributed by atoms with E-state index in [9.17, 15) is 10.0 Å². The fraction of sp³-hybridized carbons (Fsp3) is 0.917. The second kappa shape index (κ2) is 5.22. The Morgan fingerprint density at radius 2 is 2.16 bits per heavy atom. The van der Waals surface area contributed by atoms with Crippen molar-refractivity contribution in [1.82, 2.24) is 5.01 Å². The second-order valence-corrected chi connectivity index (χ2v) is 6.36. The summed E-state index contributed by atoms with van der Waals surface area (Å²) in [6, 6.07) is 0. The Bertz CT molecular complexity index is 378. The van der Waals surface area contributed by atoms with Gasteiger partial charge in [0.25, 0.3) is 0 Å². The lowest BCUT2D eigenvalue weighted by Crippen LogP contribution is -2.42. The molecule has 0 unspecified atom stereocenters. The molecule has 1 aliphatic carbocycles. The Hall–Kier alpha value is -1.53. The van der Waals surface area contributed by atoms with Crippen molar-refractivity contribution < 1.29 is 19.7 Å². The molecule has 0 bridgehead atoms. The van der Waals surface area contributed by atoms with Crippen LogP contribution in [0.1, 0.15) is 47.0 Å². The minimum atomic E-state index is -0.829. The van der Waals surface area contributed by atoms with Crippen LogP contribution in [-0.2, 0) is 9.63 Å². The Kier molecular flexibility index (Phi) is 4.27. The van der Waals surface area contributed by atoms with Crippen LogP contribution in [0.3, 0.4) is 0 Å². The van der Waals surface area contributed by atoms with Gasteiger partial charge < -0.3 is 15.2 Å². The van der Waals surface area contributed by atoms with E-state index < -0.39 is 11.4 Å². The zero-order chi connectivity index (χ0) is 14.8. The van der Waals surface area contributed by atoms with Gasteiger partial charge in [-0.25, -0.2) is 0 Å². The number of aliphatic carboxylic acids is 1. The summed E-state index contributed by atoms with van der Waals surface area (Å²) in [7, 11) is 1.62. The van der Waals surface area contributed by atoms with Gasteiger partial charge in [-0.05, 0) is 40.5 Å². The van der Waals surface area contributed by atoms with E-state index in [0.29, 0.717) is 24.2 Å². The number of rotatable bonds is 4. The van der Waals surface area contributed by atoms with Gasteiger partial charge in [-0.15, -0.1) is 5.01 Å². The van der Waals surface area contributed by atoms with E-state index >= 15 is 0 Å². The summed E-state index contributed by atoms with van der Waals surface area (Å²) in [4.78, 5) is 16.6. The highest BCUT2D eigenvalue weighted by molar-refractivity contribution is 5.74. The number of nitrogens with zero attached hydrogens (tertiary/aromatic N) is 3. The molecule has 7 nitrogen and oxygen atoms in total. The molecule has 1 saturated carbocycles. The number of carboxylic acid groups (broad SMARTS) is 1. The van der Waals surface area contributed by atoms with Gasteiger partial charge in [-0.3, -0.25) is 4.79 Å². The number of hydrogen-bond donors (Lipinski definition) is 1. The minimum absolute atomic E-state index is 0.314. The molecule has 7 heteroatoms. The topological polar surface area (TPSA) is 88.2 Å². The van der Waals surface area contributed by atoms with Gasteiger partial charge >= 0.3 is 5.97 Å². The van der Waals surface area contributed by atoms with Gasteiger partial charge in [0.05, 0.1) is 23.0 Å². The van der Waals surface area contributed by atoms with Crippen LogP contribution >= 0.6 is 0 Å². The Labute approximate surface area is 113 Å². The molecule has 0 radical (unpaired) electrons. The maximum absolute atomic E-state index is 11.7. The molecule has 110 valence electrons. The largest absolute Gasteiger partial charge is 0.569 e. The highest BCUT2D eigenvalue weighted by Gasteiger charge is 2.43. The first-order valence-corrected chi connectivity index (χ1v) is 6.37. The van der Waals surface area contributed by atoms with Crippen LogP contribution in [-0.4, -0.2) is 39.7 Å². The van der Waals surface area contributed by atoms with Crippen molar-refractivity contribution in [2.45, 2.75) is 58.6 Å². The van der Waals surface area contributed by atoms with Gasteiger partial charge in [0, 0.05) is 6.42 Å². The minimum Gasteiger partial charge on any atom is -0.569 e. The first kappa shape index (κ1) is 15.5. The second-order valence-electron chi connectivity index (χ2n) is 6.36. The van der Waals surface area contributed by atoms with Crippen LogP contribution in [0.4, 0.5) is 0 Å². The molecule has 0 spiro atoms. The van der Waals surface area contributed by atoms with Crippen LogP contribution in [0, 0.1) is 10.6 Å². The fourth-order valence-electron chi connectivity index (χ4n) is 1.89. The zero-order valence-corrected chi connectivity index (χ0v) is 12.2. The molecule has 0 heterocycles. The van der Waals surface area contributed by atoms with Crippen molar-refractivity contribution in [3.63, 3.8) is 0 Å². The summed E-state index contributed by atoms with van der Waals surface area (Å²) in [5.41, 5.74) is -1.14. The van der Waals surface area contributed by atoms with Gasteiger partial charge in [0.2, 0.25) is 5.28 Å². The molecule has 19 heavy (non-hydrogen) atoms. The SMILES string of the molecule is CN(/[N+]([O-])=N/O[C@@H]1CC[C@@](C)(C(=O)O)C1)C(C)(C)C. The summed E-state index contributed by atoms with van der Waals surface area (Å²) in [6.07, 6.45) is 1.19. The number of carboxylic acids is 1. The van der Waals surface area contributed by atoms with Gasteiger partial charge in [0.15, 0.2) is 0 Å². The van der Waals surface area contributed by atoms with E-state index in [2.05, 4.69) is 5.28 Å². The predicted molar refractivity (Wildman–Crippen MR) is 68.0 cm³/mol. The van der Waals surface area contributed by atoms with Crippen LogP contribution in [0.25, 0.3) is 0 Å². The third-order valence-electron chi connectivity index (χ3n) is 3.71. The molecule has 0 aliphatic heterocycles. The van der Waals surface area contributed by atoms with Gasteiger partial charge in [-0.2, -0.15) is 0 Å². The predicted octanol–water partition coefficient (Wildman–Crippen LogP) is 2.17. The molecular formula is C12H23N3O4. The number of carbonyl (C=O) groups is 1. The van der Waals surface area contributed by atoms with Crippen molar-refractivity contribution in [3.8, 4) is 0 Å². The zero-order valence-electron chi connectivity index (χ0n) is 12.2. The monoisotopic (exact) mass is 273 g/mol. The number of hydrogen-bond acceptors (Lipinski definition) is 4. The van der Waals surface area contributed by atoms with Crippen molar-refractivity contribution in [1.29, 1.82) is 0 Å². The third-order valence-corrected chi connectivity index (χ3v) is 3.71. The maximum atomic E-state index is 11.7. The molecule has 0 aromatic rings. The quantitative estimate of drug-likeness (QED) is 0.482. The average molecular weight is 273 g/mol. The van der Waals surface area contributed by atoms with Crippen LogP contribution in [0.2, 0.25) is 0 Å². The molecule has 0 amide bonds. The van der Waals surface area contributed by atoms with E-state index in [-0.39, 0.29) is 11.6 Å². The first-order chi connectivity index (χ1) is 8.56. The highest BCUT2D eigenvalue weighted by atomic mass is 16.7. The first-order valence-electron chi connectivity index (χ1n) is 6.37. The molecule has 1 rings (SSSR count). The standard InChI is InChI=1S/C12H23N3O4/c1-11(2,3)14(5)15(18)13-19-9-6-7-12(4,8-9)10(16)17/h9H,6-8H2,1-5H3,(H,16,17)/b15-13-/t9-,12-/m1/s1. The summed E-state index contributed by atoms with van der Waals surface area (Å²) >= 11 is 0. The van der Waals surface area contributed by atoms with E-state index in [0.717, 1.165) is 0 Å². The molecular weight excluding hydrogens is 250 g/mol. The Balaban J connectivity index is 2.57. The molecule has 1 aliphatic rings. The van der Waals surface area contributed by atoms with Crippen molar-refractivity contribution in [2.75, 3.05) is 7.05 Å². The Morgan fingerprint density at radius 3 is 2.58 bits per heavy atom. The van der Waals surface area contributed by atoms with E-state index in [1.807, 2.05) is 20.8 Å². The van der Waals surface area contributed by atoms with E-state index in [1.54, 1.807) is 14.0 Å². The molecule has 1 N–H and O–H groups in total. The van der Waals surface area contributed by atoms with Crippen LogP contribution < -0.4 is 0 Å². The lowest BCUT2D eigenvalue weighted by molar-refractivity contribution is -0.720. The third kappa shape index (κ3) is 3.71. The highest BCUT2D eigenvalue weighted by Crippen LogP contribution is 2.39. The summed E-state index contributed by atoms with van der Waals surface area (Å²) in [6.45, 7) is 7.33. The average Bonchev–Trinajstić information content (AvgIpc) is 2.67. The maximum Gasteiger partial charge on any atom is 0.309 e. The molecule has 2 atom stereocenters. The number of hydrazine groups is 1. The lowest BCUT2D eigenvalue weighted by atomic mass is 9.89. The smallest absolute Gasteiger partial charge is 0.309 e. The van der Waals surface area contributed by atoms with Crippen LogP contribution in [0.15, 0.2) is 5.28 Å². The molecule has 0 aromatic carbocycles. The Morgan fingerprint density at radius 1 is 1.58 bits per heavy atom. The van der Waals surface area contributed by atoms with E-state index in [4.69, 9.17) is 9.94 Å². The van der Waals surface area contributed by atoms with Crippen molar-refractivity contribution in [2.24, 2.45) is 10.7 Å². The molecule has 1 fully saturated rings. The summed E-state index contributed by atoms with van der Waals surface area (Å²) in [5, 5.41) is 25.7. The van der Waals surface area contributed by atoms with Gasteiger partial charge in [0.1, 0.15) is 6.10 Å². The fourth-order valence-corrected chi connectivity index (χ4v) is 1.89. The van der Waals surface area contributed by atoms with Crippen LogP contribution in [0.5, 0.6) is 0 Å². The molecule has 0 aromatic heterocycles.